The molecule has 0 bridgehead atoms. The average molecular weight is 486 g/mol. The van der Waals surface area contributed by atoms with Crippen molar-refractivity contribution >= 4 is 27.5 Å². The number of hydrogen-bond donors (Lipinski definition) is 1. The minimum atomic E-state index is -3.66. The lowest BCUT2D eigenvalue weighted by atomic mass is 9.97. The van der Waals surface area contributed by atoms with Crippen LogP contribution in [0.1, 0.15) is 37.8 Å². The summed E-state index contributed by atoms with van der Waals surface area (Å²) >= 11 is 0. The minimum Gasteiger partial charge on any atom is -0.497 e. The maximum Gasteiger partial charge on any atom is 0.243 e. The highest BCUT2D eigenvalue weighted by Crippen LogP contribution is 2.35. The first-order chi connectivity index (χ1) is 16.2. The fourth-order valence-electron chi connectivity index (χ4n) is 4.83. The zero-order valence-corrected chi connectivity index (χ0v) is 20.6. The summed E-state index contributed by atoms with van der Waals surface area (Å²) in [6.45, 7) is 4.51. The van der Waals surface area contributed by atoms with Gasteiger partial charge in [-0.05, 0) is 67.6 Å². The second kappa shape index (κ2) is 9.76. The van der Waals surface area contributed by atoms with Crippen LogP contribution in [0, 0.1) is 5.92 Å². The van der Waals surface area contributed by atoms with Crippen LogP contribution in [0.2, 0.25) is 0 Å². The number of rotatable bonds is 6. The number of benzene rings is 2. The number of carbonyl (C=O) groups excluding carboxylic acids is 2. The predicted molar refractivity (Wildman–Crippen MR) is 129 cm³/mol. The number of sulfonamides is 1. The first kappa shape index (κ1) is 24.2. The van der Waals surface area contributed by atoms with Gasteiger partial charge in [0.05, 0.1) is 12.0 Å². The molecule has 0 saturated carbocycles. The van der Waals surface area contributed by atoms with Crippen LogP contribution in [0.4, 0.5) is 5.69 Å². The fourth-order valence-corrected chi connectivity index (χ4v) is 6.35. The number of anilines is 1. The quantitative estimate of drug-likeness (QED) is 0.679. The Morgan fingerprint density at radius 3 is 2.38 bits per heavy atom. The summed E-state index contributed by atoms with van der Waals surface area (Å²) in [7, 11) is -2.06. The van der Waals surface area contributed by atoms with Gasteiger partial charge >= 0.3 is 0 Å². The SMILES string of the molecule is COc1ccc(CNC(=O)C2CCN(S(=O)(=O)c3ccc4c(c3)C[C@H](C)N4C(C)=O)CC2)cc1. The standard InChI is InChI=1S/C25H31N3O5S/c1-17-14-21-15-23(8-9-24(21)28(17)18(2)29)34(31,32)27-12-10-20(11-13-27)25(30)26-16-19-4-6-22(33-3)7-5-19/h4-9,15,17,20H,10-14,16H2,1-3H3,(H,26,30)/t17-/m0/s1. The van der Waals surface area contributed by atoms with Gasteiger partial charge in [0.25, 0.3) is 0 Å². The third kappa shape index (κ3) is 4.81. The highest BCUT2D eigenvalue weighted by atomic mass is 32.2. The summed E-state index contributed by atoms with van der Waals surface area (Å²) < 4.78 is 33.1. The van der Waals surface area contributed by atoms with Gasteiger partial charge in [0.15, 0.2) is 0 Å². The molecule has 0 spiro atoms. The van der Waals surface area contributed by atoms with E-state index in [0.717, 1.165) is 22.6 Å². The molecule has 0 unspecified atom stereocenters. The molecule has 8 nitrogen and oxygen atoms in total. The van der Waals surface area contributed by atoms with Crippen LogP contribution < -0.4 is 15.0 Å². The number of nitrogens with zero attached hydrogens (tertiary/aromatic N) is 2. The van der Waals surface area contributed by atoms with E-state index in [0.29, 0.717) is 38.9 Å². The lowest BCUT2D eigenvalue weighted by molar-refractivity contribution is -0.126. The summed E-state index contributed by atoms with van der Waals surface area (Å²) in [5, 5.41) is 2.96. The molecule has 34 heavy (non-hydrogen) atoms. The van der Waals surface area contributed by atoms with Crippen LogP contribution in [-0.4, -0.2) is 50.8 Å². The smallest absolute Gasteiger partial charge is 0.243 e. The highest BCUT2D eigenvalue weighted by molar-refractivity contribution is 7.89. The lowest BCUT2D eigenvalue weighted by Gasteiger charge is -2.30. The molecule has 0 aromatic heterocycles. The van der Waals surface area contributed by atoms with Gasteiger partial charge in [-0.25, -0.2) is 8.42 Å². The summed E-state index contributed by atoms with van der Waals surface area (Å²) in [6.07, 6.45) is 1.59. The molecule has 182 valence electrons. The Hall–Kier alpha value is -2.91. The van der Waals surface area contributed by atoms with Gasteiger partial charge in [-0.3, -0.25) is 9.59 Å². The van der Waals surface area contributed by atoms with E-state index >= 15 is 0 Å². The fraction of sp³-hybridized carbons (Fsp3) is 0.440. The number of methoxy groups -OCH3 is 1. The molecule has 0 aliphatic carbocycles. The molecule has 0 radical (unpaired) electrons. The number of carbonyl (C=O) groups is 2. The Kier molecular flexibility index (Phi) is 6.95. The molecular weight excluding hydrogens is 454 g/mol. The van der Waals surface area contributed by atoms with E-state index in [1.165, 1.54) is 11.2 Å². The predicted octanol–water partition coefficient (Wildman–Crippen LogP) is 2.71. The molecule has 1 fully saturated rings. The molecule has 2 amide bonds. The van der Waals surface area contributed by atoms with Crippen LogP contribution >= 0.6 is 0 Å². The van der Waals surface area contributed by atoms with Crippen molar-refractivity contribution in [3.8, 4) is 5.75 Å². The Morgan fingerprint density at radius 1 is 1.09 bits per heavy atom. The summed E-state index contributed by atoms with van der Waals surface area (Å²) in [6, 6.07) is 12.5. The van der Waals surface area contributed by atoms with Crippen LogP contribution in [-0.2, 0) is 32.6 Å². The molecule has 2 heterocycles. The Labute approximate surface area is 200 Å². The van der Waals surface area contributed by atoms with Gasteiger partial charge in [-0.2, -0.15) is 4.31 Å². The van der Waals surface area contributed by atoms with Crippen molar-refractivity contribution in [1.29, 1.82) is 0 Å². The zero-order valence-electron chi connectivity index (χ0n) is 19.8. The van der Waals surface area contributed by atoms with Crippen molar-refractivity contribution in [3.05, 3.63) is 53.6 Å². The number of nitrogens with one attached hydrogen (secondary N) is 1. The number of ether oxygens (including phenoxy) is 1. The lowest BCUT2D eigenvalue weighted by Crippen LogP contribution is -2.42. The second-order valence-corrected chi connectivity index (χ2v) is 10.9. The van der Waals surface area contributed by atoms with Gasteiger partial charge in [0, 0.05) is 44.2 Å². The van der Waals surface area contributed by atoms with E-state index in [2.05, 4.69) is 5.32 Å². The van der Waals surface area contributed by atoms with Gasteiger partial charge in [-0.1, -0.05) is 12.1 Å². The maximum atomic E-state index is 13.3. The van der Waals surface area contributed by atoms with E-state index in [9.17, 15) is 18.0 Å². The first-order valence-corrected chi connectivity index (χ1v) is 13.0. The van der Waals surface area contributed by atoms with Crippen LogP contribution in [0.25, 0.3) is 0 Å². The topological polar surface area (TPSA) is 96.0 Å². The van der Waals surface area contributed by atoms with Crippen molar-refractivity contribution in [2.75, 3.05) is 25.1 Å². The van der Waals surface area contributed by atoms with Crippen LogP contribution in [0.5, 0.6) is 5.75 Å². The molecule has 2 aromatic carbocycles. The molecule has 1 N–H and O–H groups in total. The number of piperidine rings is 1. The molecule has 2 aliphatic heterocycles. The molecule has 2 aromatic rings. The van der Waals surface area contributed by atoms with E-state index in [1.54, 1.807) is 30.2 Å². The van der Waals surface area contributed by atoms with E-state index in [4.69, 9.17) is 4.74 Å². The van der Waals surface area contributed by atoms with E-state index in [-0.39, 0.29) is 28.7 Å². The number of amides is 2. The summed E-state index contributed by atoms with van der Waals surface area (Å²) in [4.78, 5) is 26.5. The van der Waals surface area contributed by atoms with Crippen molar-refractivity contribution < 1.29 is 22.7 Å². The third-order valence-electron chi connectivity index (χ3n) is 6.69. The molecule has 1 saturated heterocycles. The highest BCUT2D eigenvalue weighted by Gasteiger charge is 2.34. The van der Waals surface area contributed by atoms with E-state index in [1.807, 2.05) is 31.2 Å². The Bertz CT molecular complexity index is 1170. The van der Waals surface area contributed by atoms with Crippen molar-refractivity contribution in [2.45, 2.75) is 50.6 Å². The monoisotopic (exact) mass is 485 g/mol. The van der Waals surface area contributed by atoms with Gasteiger partial charge in [0.1, 0.15) is 5.75 Å². The van der Waals surface area contributed by atoms with Gasteiger partial charge < -0.3 is 15.0 Å². The molecule has 9 heteroatoms. The van der Waals surface area contributed by atoms with Crippen molar-refractivity contribution in [1.82, 2.24) is 9.62 Å². The molecule has 2 aliphatic rings. The number of hydrogen-bond acceptors (Lipinski definition) is 5. The Balaban J connectivity index is 1.35. The first-order valence-electron chi connectivity index (χ1n) is 11.5. The molecule has 4 rings (SSSR count). The van der Waals surface area contributed by atoms with Gasteiger partial charge in [-0.15, -0.1) is 0 Å². The second-order valence-electron chi connectivity index (χ2n) is 8.98. The van der Waals surface area contributed by atoms with Gasteiger partial charge in [0.2, 0.25) is 21.8 Å². The summed E-state index contributed by atoms with van der Waals surface area (Å²) in [5.41, 5.74) is 2.63. The maximum absolute atomic E-state index is 13.3. The van der Waals surface area contributed by atoms with Crippen LogP contribution in [0.15, 0.2) is 47.4 Å². The molecule has 1 atom stereocenters. The largest absolute Gasteiger partial charge is 0.497 e. The van der Waals surface area contributed by atoms with E-state index < -0.39 is 10.0 Å². The zero-order chi connectivity index (χ0) is 24.5. The van der Waals surface area contributed by atoms with Crippen molar-refractivity contribution in [3.63, 3.8) is 0 Å². The number of fused-ring (bicyclic) bond motifs is 1. The molecular formula is C25H31N3O5S. The summed E-state index contributed by atoms with van der Waals surface area (Å²) in [5.74, 6) is 0.449. The Morgan fingerprint density at radius 2 is 1.76 bits per heavy atom. The normalized spacial score (nSPS) is 19.0. The van der Waals surface area contributed by atoms with Crippen LogP contribution in [0.3, 0.4) is 0 Å². The minimum absolute atomic E-state index is 0.0117. The van der Waals surface area contributed by atoms with Crippen molar-refractivity contribution in [2.24, 2.45) is 5.92 Å². The average Bonchev–Trinajstić information content (AvgIpc) is 3.18. The third-order valence-corrected chi connectivity index (χ3v) is 8.59.